The number of benzene rings is 4. The number of para-hydroxylation sites is 2. The number of rotatable bonds is 10. The summed E-state index contributed by atoms with van der Waals surface area (Å²) in [5.74, 6) is 2.23. The van der Waals surface area contributed by atoms with Gasteiger partial charge in [-0.2, -0.15) is 0 Å². The number of ether oxygens (including phenoxy) is 4. The van der Waals surface area contributed by atoms with Crippen molar-refractivity contribution in [3.8, 4) is 45.5 Å². The zero-order valence-corrected chi connectivity index (χ0v) is 31.1. The van der Waals surface area contributed by atoms with Crippen LogP contribution in [0.5, 0.6) is 23.0 Å². The number of fused-ring (bicyclic) bond motifs is 8. The van der Waals surface area contributed by atoms with Crippen LogP contribution >= 0.6 is 0 Å². The quantitative estimate of drug-likeness (QED) is 0.107. The molecular formula is C46H44N4O6. The fourth-order valence-electron chi connectivity index (χ4n) is 9.09. The van der Waals surface area contributed by atoms with Crippen molar-refractivity contribution >= 4 is 33.7 Å². The number of aromatic nitrogens is 2. The highest BCUT2D eigenvalue weighted by molar-refractivity contribution is 6.01. The zero-order valence-electron chi connectivity index (χ0n) is 31.1. The summed E-state index contributed by atoms with van der Waals surface area (Å²) in [6, 6.07) is 31.1. The normalized spacial score (nSPS) is 24.1. The Morgan fingerprint density at radius 3 is 1.30 bits per heavy atom. The second-order valence-electron chi connectivity index (χ2n) is 15.6. The highest BCUT2D eigenvalue weighted by Gasteiger charge is 2.36. The molecular weight excluding hydrogens is 705 g/mol. The summed E-state index contributed by atoms with van der Waals surface area (Å²) in [5.41, 5.74) is 4.67. The van der Waals surface area contributed by atoms with E-state index in [-0.39, 0.29) is 12.2 Å². The number of carbonyl (C=O) groups excluding carboxylic acids is 2. The molecule has 0 aliphatic carbocycles. The summed E-state index contributed by atoms with van der Waals surface area (Å²) in [5, 5.41) is 1.51. The second-order valence-corrected chi connectivity index (χ2v) is 15.6. The van der Waals surface area contributed by atoms with E-state index in [2.05, 4.69) is 19.8 Å². The van der Waals surface area contributed by atoms with Gasteiger partial charge in [-0.05, 0) is 136 Å². The lowest BCUT2D eigenvalue weighted by Crippen LogP contribution is -2.52. The summed E-state index contributed by atoms with van der Waals surface area (Å²) in [6.45, 7) is 6.61. The van der Waals surface area contributed by atoms with E-state index in [1.807, 2.05) is 97.1 Å². The highest BCUT2D eigenvalue weighted by Crippen LogP contribution is 2.40. The van der Waals surface area contributed by atoms with Gasteiger partial charge in [0.05, 0.1) is 11.4 Å². The van der Waals surface area contributed by atoms with Gasteiger partial charge in [-0.1, -0.05) is 24.3 Å². The van der Waals surface area contributed by atoms with Crippen LogP contribution in [0.3, 0.4) is 0 Å². The Morgan fingerprint density at radius 2 is 0.929 bits per heavy atom. The maximum Gasteiger partial charge on any atom is 0.336 e. The topological polar surface area (TPSA) is 109 Å². The Bertz CT molecular complexity index is 2250. The number of nitrogens with zero attached hydrogens (tertiary/aromatic N) is 2. The van der Waals surface area contributed by atoms with Crippen molar-refractivity contribution in [1.29, 1.82) is 0 Å². The maximum absolute atomic E-state index is 13.3. The standard InChI is InChI=1S/C46H44N4O6/c51-41(55-45-35-5-1-3-7-37(35)47-43(45)31-9-13-33(14-10-31)53-39-27-49-23-19-29(39)20-24-49)17-18-42(52)56-46-36-6-2-4-8-38(36)48-44(46)32-11-15-34(16-12-32)54-40-28-50-25-21-30(40)22-26-50/h1-18,29-30,39-40,47-48H,19-28H2/b18-17+. The van der Waals surface area contributed by atoms with Crippen molar-refractivity contribution in [2.24, 2.45) is 11.8 Å². The number of piperidine rings is 6. The minimum atomic E-state index is -0.701. The van der Waals surface area contributed by atoms with E-state index in [1.54, 1.807) is 0 Å². The number of hydrogen-bond acceptors (Lipinski definition) is 8. The third-order valence-electron chi connectivity index (χ3n) is 12.1. The molecule has 2 atom stereocenters. The molecule has 6 aliphatic heterocycles. The van der Waals surface area contributed by atoms with Crippen molar-refractivity contribution in [2.45, 2.75) is 37.9 Å². The second kappa shape index (κ2) is 14.7. The Kier molecular flexibility index (Phi) is 9.07. The number of hydrogen-bond donors (Lipinski definition) is 2. The number of carbonyl (C=O) groups is 2. The van der Waals surface area contributed by atoms with Crippen LogP contribution in [0, 0.1) is 11.8 Å². The zero-order chi connectivity index (χ0) is 37.6. The van der Waals surface area contributed by atoms with Gasteiger partial charge in [0.25, 0.3) is 0 Å². The molecule has 0 amide bonds. The first-order chi connectivity index (χ1) is 27.5. The Labute approximate surface area is 325 Å². The van der Waals surface area contributed by atoms with Crippen molar-refractivity contribution in [1.82, 2.24) is 19.8 Å². The molecule has 6 aliphatic rings. The molecule has 2 aromatic heterocycles. The van der Waals surface area contributed by atoms with Gasteiger partial charge in [-0.15, -0.1) is 0 Å². The summed E-state index contributed by atoms with van der Waals surface area (Å²) < 4.78 is 24.7. The van der Waals surface area contributed by atoms with Crippen molar-refractivity contribution in [3.63, 3.8) is 0 Å². The fraction of sp³-hybridized carbons (Fsp3) is 0.304. The van der Waals surface area contributed by atoms with Crippen LogP contribution in [-0.2, 0) is 9.59 Å². The molecule has 0 saturated carbocycles. The molecule has 4 bridgehead atoms. The Morgan fingerprint density at radius 1 is 0.536 bits per heavy atom. The first-order valence-electron chi connectivity index (χ1n) is 19.8. The molecule has 10 nitrogen and oxygen atoms in total. The third-order valence-corrected chi connectivity index (χ3v) is 12.1. The van der Waals surface area contributed by atoms with Gasteiger partial charge in [0.15, 0.2) is 11.5 Å². The maximum atomic E-state index is 13.3. The van der Waals surface area contributed by atoms with Gasteiger partial charge in [-0.25, -0.2) is 9.59 Å². The van der Waals surface area contributed by atoms with E-state index in [0.717, 1.165) is 95.9 Å². The molecule has 284 valence electrons. The molecule has 4 aromatic carbocycles. The molecule has 6 aromatic rings. The van der Waals surface area contributed by atoms with E-state index in [9.17, 15) is 9.59 Å². The van der Waals surface area contributed by atoms with Crippen molar-refractivity contribution in [3.05, 3.63) is 109 Å². The van der Waals surface area contributed by atoms with Crippen LogP contribution in [0.2, 0.25) is 0 Å². The van der Waals surface area contributed by atoms with E-state index in [4.69, 9.17) is 18.9 Å². The predicted octanol–water partition coefficient (Wildman–Crippen LogP) is 8.00. The summed E-state index contributed by atoms with van der Waals surface area (Å²) in [6.07, 6.45) is 7.38. The smallest absolute Gasteiger partial charge is 0.336 e. The SMILES string of the molecule is O=C(/C=C/C(=O)Oc1c(-c2ccc(OC3CN4CCC3CC4)cc2)[nH]c2ccccc12)Oc1c(-c2ccc(OC3CN4CCC3CC4)cc2)[nH]c2ccccc12. The molecule has 6 fully saturated rings. The molecule has 2 N–H and O–H groups in total. The number of aromatic amines is 2. The minimum absolute atomic E-state index is 0.208. The molecule has 10 heteroatoms. The molecule has 12 rings (SSSR count). The largest absolute Gasteiger partial charge is 0.489 e. The van der Waals surface area contributed by atoms with E-state index < -0.39 is 11.9 Å². The number of nitrogens with one attached hydrogen (secondary N) is 2. The van der Waals surface area contributed by atoms with E-state index in [1.165, 1.54) is 25.7 Å². The summed E-state index contributed by atoms with van der Waals surface area (Å²) in [4.78, 5) is 38.4. The highest BCUT2D eigenvalue weighted by atomic mass is 16.5. The minimum Gasteiger partial charge on any atom is -0.489 e. The average Bonchev–Trinajstić information content (AvgIpc) is 3.79. The lowest BCUT2D eigenvalue weighted by molar-refractivity contribution is -0.131. The van der Waals surface area contributed by atoms with Crippen LogP contribution in [0.25, 0.3) is 44.3 Å². The lowest BCUT2D eigenvalue weighted by atomic mass is 9.86. The first kappa shape index (κ1) is 34.6. The fourth-order valence-corrected chi connectivity index (χ4v) is 9.09. The molecule has 0 radical (unpaired) electrons. The van der Waals surface area contributed by atoms with Gasteiger partial charge in [0, 0.05) is 58.2 Å². The van der Waals surface area contributed by atoms with Crippen LogP contribution < -0.4 is 18.9 Å². The molecule has 56 heavy (non-hydrogen) atoms. The van der Waals surface area contributed by atoms with Crippen LogP contribution in [0.4, 0.5) is 0 Å². The Hall–Kier alpha value is -5.84. The van der Waals surface area contributed by atoms with Crippen molar-refractivity contribution in [2.75, 3.05) is 39.3 Å². The van der Waals surface area contributed by atoms with E-state index in [0.29, 0.717) is 34.7 Å². The average molecular weight is 749 g/mol. The van der Waals surface area contributed by atoms with Crippen LogP contribution in [0.15, 0.2) is 109 Å². The van der Waals surface area contributed by atoms with Gasteiger partial charge in [0.1, 0.15) is 23.7 Å². The van der Waals surface area contributed by atoms with Crippen molar-refractivity contribution < 1.29 is 28.5 Å². The van der Waals surface area contributed by atoms with Gasteiger partial charge < -0.3 is 28.9 Å². The van der Waals surface area contributed by atoms with Gasteiger partial charge in [0.2, 0.25) is 0 Å². The molecule has 0 spiro atoms. The summed E-state index contributed by atoms with van der Waals surface area (Å²) >= 11 is 0. The number of esters is 2. The third kappa shape index (κ3) is 6.84. The lowest BCUT2D eigenvalue weighted by Gasteiger charge is -2.44. The van der Waals surface area contributed by atoms with Gasteiger partial charge >= 0.3 is 11.9 Å². The first-order valence-corrected chi connectivity index (χ1v) is 19.8. The van der Waals surface area contributed by atoms with Crippen LogP contribution in [0.1, 0.15) is 25.7 Å². The number of H-pyrrole nitrogens is 2. The van der Waals surface area contributed by atoms with E-state index >= 15 is 0 Å². The Balaban J connectivity index is 0.840. The molecule has 2 unspecified atom stereocenters. The monoisotopic (exact) mass is 748 g/mol. The van der Waals surface area contributed by atoms with Gasteiger partial charge in [-0.3, -0.25) is 9.80 Å². The predicted molar refractivity (Wildman–Crippen MR) is 215 cm³/mol. The van der Waals surface area contributed by atoms with Crippen LogP contribution in [-0.4, -0.2) is 83.2 Å². The molecule has 8 heterocycles. The molecule has 6 saturated heterocycles. The summed E-state index contributed by atoms with van der Waals surface area (Å²) in [7, 11) is 0.